The molecule has 0 aliphatic rings. The first-order chi connectivity index (χ1) is 25.0. The minimum absolute atomic E-state index is 0.609. The van der Waals surface area contributed by atoms with Crippen molar-refractivity contribution in [3.63, 3.8) is 0 Å². The fourth-order valence-electron chi connectivity index (χ4n) is 6.44. The van der Waals surface area contributed by atoms with Crippen molar-refractivity contribution in [3.8, 4) is 16.9 Å². The number of hydrogen-bond donors (Lipinski definition) is 0. The molecule has 3 aromatic carbocycles. The highest BCUT2D eigenvalue weighted by molar-refractivity contribution is 7.55. The predicted octanol–water partition coefficient (Wildman–Crippen LogP) is 13.1. The normalized spacial score (nSPS) is 13.8. The molecule has 0 saturated carbocycles. The van der Waals surface area contributed by atoms with Crippen LogP contribution >= 0.6 is 15.6 Å². The van der Waals surface area contributed by atoms with Gasteiger partial charge in [-0.25, -0.2) is 0 Å². The van der Waals surface area contributed by atoms with Gasteiger partial charge in [0.2, 0.25) is 0 Å². The Labute approximate surface area is 317 Å². The van der Waals surface area contributed by atoms with Gasteiger partial charge in [0.1, 0.15) is 27.1 Å². The smallest absolute Gasteiger partial charge is 0.162 e. The molecule has 0 amide bonds. The highest BCUT2D eigenvalue weighted by atomic mass is 31.1. The lowest BCUT2D eigenvalue weighted by atomic mass is 10.0. The van der Waals surface area contributed by atoms with E-state index in [9.17, 15) is 9.13 Å². The van der Waals surface area contributed by atoms with E-state index in [0.717, 1.165) is 78.0 Å². The van der Waals surface area contributed by atoms with Crippen LogP contribution in [0.1, 0.15) is 117 Å². The SMILES string of the molecule is C=C/C=C\C(CCCC)=C(/C=C)OC(CC)(CC)[PH](=O)c1ccc(-c2ccc([PH](=O)C(C)(C)Oc3ccc(CCCC)cc3CCCC)cc2)cc1. The number of allylic oxidation sites excluding steroid dienone is 5. The molecular formula is C46H64O4P2. The molecule has 0 N–H and O–H groups in total. The molecule has 52 heavy (non-hydrogen) atoms. The first-order valence-electron chi connectivity index (χ1n) is 19.5. The lowest BCUT2D eigenvalue weighted by Gasteiger charge is -2.33. The summed E-state index contributed by atoms with van der Waals surface area (Å²) in [6.45, 7) is 22.4. The Bertz CT molecular complexity index is 1690. The number of rotatable bonds is 23. The fourth-order valence-corrected chi connectivity index (χ4v) is 9.65. The first kappa shape index (κ1) is 43.1. The Morgan fingerprint density at radius 1 is 0.731 bits per heavy atom. The fraction of sp³-hybridized carbons (Fsp3) is 0.435. The van der Waals surface area contributed by atoms with Gasteiger partial charge in [-0.15, -0.1) is 0 Å². The molecule has 282 valence electrons. The van der Waals surface area contributed by atoms with Gasteiger partial charge in [0, 0.05) is 10.6 Å². The highest BCUT2D eigenvalue weighted by Gasteiger charge is 2.37. The van der Waals surface area contributed by atoms with Crippen LogP contribution in [0.4, 0.5) is 0 Å². The molecule has 6 heteroatoms. The van der Waals surface area contributed by atoms with Gasteiger partial charge in [-0.1, -0.05) is 146 Å². The summed E-state index contributed by atoms with van der Waals surface area (Å²) in [4.78, 5) is 0. The van der Waals surface area contributed by atoms with E-state index in [4.69, 9.17) is 9.47 Å². The van der Waals surface area contributed by atoms with Crippen LogP contribution in [0.15, 0.2) is 116 Å². The van der Waals surface area contributed by atoms with Gasteiger partial charge in [0.15, 0.2) is 10.7 Å². The maximum absolute atomic E-state index is 14.3. The van der Waals surface area contributed by atoms with Crippen LogP contribution in [-0.2, 0) is 26.7 Å². The lowest BCUT2D eigenvalue weighted by molar-refractivity contribution is 0.0754. The maximum Gasteiger partial charge on any atom is 0.162 e. The molecule has 3 aromatic rings. The first-order valence-corrected chi connectivity index (χ1v) is 22.3. The van der Waals surface area contributed by atoms with Gasteiger partial charge >= 0.3 is 0 Å². The van der Waals surface area contributed by atoms with Crippen molar-refractivity contribution in [2.24, 2.45) is 0 Å². The molecule has 0 fully saturated rings. The van der Waals surface area contributed by atoms with E-state index in [1.807, 2.05) is 88.4 Å². The van der Waals surface area contributed by atoms with Crippen molar-refractivity contribution >= 4 is 26.2 Å². The zero-order valence-corrected chi connectivity index (χ0v) is 35.0. The van der Waals surface area contributed by atoms with E-state index in [1.54, 1.807) is 12.2 Å². The Morgan fingerprint density at radius 2 is 1.29 bits per heavy atom. The van der Waals surface area contributed by atoms with Gasteiger partial charge in [0.25, 0.3) is 0 Å². The van der Waals surface area contributed by atoms with Crippen molar-refractivity contribution in [2.45, 2.75) is 130 Å². The van der Waals surface area contributed by atoms with E-state index >= 15 is 0 Å². The van der Waals surface area contributed by atoms with E-state index in [0.29, 0.717) is 18.6 Å². The standard InChI is InChI=1S/C46H64O4P2/c1-10-17-21-36-25-34-44(40(35-36)24-20-13-4)49-45(8,9)51(47)41-30-26-37(27-31-41)38-28-32-42(33-29-38)52(48)46(15-6,16-7)50-43(14-5)39(22-18-11-2)23-19-12-3/h11,14,18,22,25-35,51-52H,2,5,10,12-13,15-17,19-21,23-24H2,1,3-4,6-9H3/b22-18-,43-39-. The van der Waals surface area contributed by atoms with Crippen LogP contribution in [0.3, 0.4) is 0 Å². The topological polar surface area (TPSA) is 52.6 Å². The molecule has 2 unspecified atom stereocenters. The van der Waals surface area contributed by atoms with Crippen LogP contribution < -0.4 is 15.3 Å². The van der Waals surface area contributed by atoms with Gasteiger partial charge in [-0.3, -0.25) is 0 Å². The summed E-state index contributed by atoms with van der Waals surface area (Å²) >= 11 is 0. The number of hydrogen-bond acceptors (Lipinski definition) is 4. The highest BCUT2D eigenvalue weighted by Crippen LogP contribution is 2.47. The summed E-state index contributed by atoms with van der Waals surface area (Å²) in [6.07, 6.45) is 18.2. The van der Waals surface area contributed by atoms with Crippen molar-refractivity contribution in [1.29, 1.82) is 0 Å². The average molecular weight is 743 g/mol. The van der Waals surface area contributed by atoms with Crippen LogP contribution in [0, 0.1) is 0 Å². The summed E-state index contributed by atoms with van der Waals surface area (Å²) in [6, 6.07) is 22.4. The van der Waals surface area contributed by atoms with Crippen LogP contribution in [0.2, 0.25) is 0 Å². The van der Waals surface area contributed by atoms with E-state index in [-0.39, 0.29) is 0 Å². The molecule has 4 nitrogen and oxygen atoms in total. The number of ether oxygens (including phenoxy) is 2. The van der Waals surface area contributed by atoms with Crippen molar-refractivity contribution < 1.29 is 18.6 Å². The second-order valence-corrected chi connectivity index (χ2v) is 18.8. The molecule has 0 aliphatic heterocycles. The Morgan fingerprint density at radius 3 is 1.81 bits per heavy atom. The maximum atomic E-state index is 14.3. The summed E-state index contributed by atoms with van der Waals surface area (Å²) in [5.74, 6) is 1.53. The summed E-state index contributed by atoms with van der Waals surface area (Å²) in [5.41, 5.74) is 5.60. The minimum Gasteiger partial charge on any atom is -0.480 e. The van der Waals surface area contributed by atoms with Crippen molar-refractivity contribution in [1.82, 2.24) is 0 Å². The van der Waals surface area contributed by atoms with Crippen molar-refractivity contribution in [2.75, 3.05) is 0 Å². The number of benzene rings is 3. The Kier molecular flexibility index (Phi) is 17.7. The third kappa shape index (κ3) is 11.6. The largest absolute Gasteiger partial charge is 0.480 e. The van der Waals surface area contributed by atoms with Crippen LogP contribution in [0.5, 0.6) is 5.75 Å². The van der Waals surface area contributed by atoms with Gasteiger partial charge in [-0.2, -0.15) is 0 Å². The van der Waals surface area contributed by atoms with Crippen molar-refractivity contribution in [3.05, 3.63) is 127 Å². The minimum atomic E-state index is -2.37. The third-order valence-corrected chi connectivity index (χ3v) is 14.4. The van der Waals surface area contributed by atoms with Gasteiger partial charge in [0.05, 0.1) is 0 Å². The van der Waals surface area contributed by atoms with Crippen LogP contribution in [-0.4, -0.2) is 10.7 Å². The number of aryl methyl sites for hydroxylation is 2. The monoisotopic (exact) mass is 742 g/mol. The Hall–Kier alpha value is -3.32. The molecule has 2 atom stereocenters. The van der Waals surface area contributed by atoms with Gasteiger partial charge in [-0.05, 0) is 105 Å². The Balaban J connectivity index is 1.81. The summed E-state index contributed by atoms with van der Waals surface area (Å²) < 4.78 is 41.5. The molecule has 3 rings (SSSR count). The molecule has 0 aromatic heterocycles. The average Bonchev–Trinajstić information content (AvgIpc) is 3.17. The zero-order chi connectivity index (χ0) is 38.1. The molecular weight excluding hydrogens is 678 g/mol. The zero-order valence-electron chi connectivity index (χ0n) is 33.0. The molecule has 0 heterocycles. The summed E-state index contributed by atoms with van der Waals surface area (Å²) in [7, 11) is -4.68. The van der Waals surface area contributed by atoms with E-state index < -0.39 is 26.3 Å². The molecule has 0 saturated heterocycles. The van der Waals surface area contributed by atoms with E-state index in [1.165, 1.54) is 24.0 Å². The molecule has 0 radical (unpaired) electrons. The van der Waals surface area contributed by atoms with Crippen LogP contribution in [0.25, 0.3) is 11.1 Å². The molecule has 0 bridgehead atoms. The van der Waals surface area contributed by atoms with Gasteiger partial charge < -0.3 is 18.6 Å². The summed E-state index contributed by atoms with van der Waals surface area (Å²) in [5, 5.41) is -0.102. The lowest BCUT2D eigenvalue weighted by Crippen LogP contribution is -2.30. The second kappa shape index (κ2) is 21.4. The van der Waals surface area contributed by atoms with E-state index in [2.05, 4.69) is 52.1 Å². The predicted molar refractivity (Wildman–Crippen MR) is 228 cm³/mol. The molecule has 0 spiro atoms. The second-order valence-electron chi connectivity index (χ2n) is 14.2. The quantitative estimate of drug-likeness (QED) is 0.0551. The third-order valence-electron chi connectivity index (χ3n) is 9.88. The number of unbranched alkanes of at least 4 members (excludes halogenated alkanes) is 3. The molecule has 0 aliphatic carbocycles.